The monoisotopic (exact) mass is 313 g/mol. The van der Waals surface area contributed by atoms with Crippen molar-refractivity contribution in [1.29, 1.82) is 0 Å². The number of rotatable bonds is 8. The van der Waals surface area contributed by atoms with E-state index in [0.717, 1.165) is 38.7 Å². The number of benzene rings is 1. The summed E-state index contributed by atoms with van der Waals surface area (Å²) in [4.78, 5) is 6.86. The summed E-state index contributed by atoms with van der Waals surface area (Å²) in [7, 11) is 2.09. The summed E-state index contributed by atoms with van der Waals surface area (Å²) in [6.07, 6.45) is 4.14. The van der Waals surface area contributed by atoms with Crippen LogP contribution in [0.15, 0.2) is 59.9 Å². The molecule has 1 aromatic heterocycles. The largest absolute Gasteiger partial charge is 0.373 e. The molecular formula is C18H27N5. The molecule has 2 rings (SSSR count). The number of aromatic nitrogens is 1. The number of nitrogens with zero attached hydrogens (tertiary/aromatic N) is 3. The average Bonchev–Trinajstić information content (AvgIpc) is 3.09. The van der Waals surface area contributed by atoms with E-state index in [0.29, 0.717) is 0 Å². The maximum absolute atomic E-state index is 4.64. The Bertz CT molecular complexity index is 562. The van der Waals surface area contributed by atoms with Gasteiger partial charge in [0.05, 0.1) is 6.54 Å². The van der Waals surface area contributed by atoms with Gasteiger partial charge in [-0.1, -0.05) is 18.2 Å². The van der Waals surface area contributed by atoms with E-state index in [1.165, 1.54) is 5.69 Å². The molecule has 0 bridgehead atoms. The molecule has 1 heterocycles. The van der Waals surface area contributed by atoms with Crippen LogP contribution >= 0.6 is 0 Å². The van der Waals surface area contributed by atoms with Crippen LogP contribution in [0.5, 0.6) is 0 Å². The number of hydrogen-bond acceptors (Lipinski definition) is 2. The van der Waals surface area contributed by atoms with Gasteiger partial charge in [-0.3, -0.25) is 4.99 Å². The molecule has 0 aliphatic heterocycles. The van der Waals surface area contributed by atoms with Crippen molar-refractivity contribution in [3.8, 4) is 0 Å². The van der Waals surface area contributed by atoms with Crippen molar-refractivity contribution in [3.05, 3.63) is 54.9 Å². The van der Waals surface area contributed by atoms with Crippen LogP contribution in [0.4, 0.5) is 5.69 Å². The van der Waals surface area contributed by atoms with E-state index in [4.69, 9.17) is 0 Å². The second-order valence-corrected chi connectivity index (χ2v) is 5.37. The van der Waals surface area contributed by atoms with Gasteiger partial charge in [0.2, 0.25) is 0 Å². The molecule has 0 radical (unpaired) electrons. The van der Waals surface area contributed by atoms with Gasteiger partial charge in [0.25, 0.3) is 0 Å². The summed E-state index contributed by atoms with van der Waals surface area (Å²) in [5, 5.41) is 6.66. The standard InChI is InChI=1S/C18H27N5/c1-3-19-18(21-12-16-23-13-7-8-14-23)20-11-15-22(2)17-9-5-4-6-10-17/h4-10,13-14H,3,11-12,15-16H2,1-2H3,(H2,19,20,21). The van der Waals surface area contributed by atoms with Crippen LogP contribution in [-0.2, 0) is 6.54 Å². The summed E-state index contributed by atoms with van der Waals surface area (Å²) >= 11 is 0. The Labute approximate surface area is 139 Å². The minimum atomic E-state index is 0.754. The summed E-state index contributed by atoms with van der Waals surface area (Å²) < 4.78 is 2.15. The summed E-state index contributed by atoms with van der Waals surface area (Å²) in [5.41, 5.74) is 1.22. The molecule has 0 atom stereocenters. The Morgan fingerprint density at radius 1 is 1.09 bits per heavy atom. The lowest BCUT2D eigenvalue weighted by atomic mass is 10.3. The van der Waals surface area contributed by atoms with Crippen LogP contribution in [0.1, 0.15) is 6.92 Å². The van der Waals surface area contributed by atoms with Crippen LogP contribution in [0.3, 0.4) is 0 Å². The minimum absolute atomic E-state index is 0.754. The van der Waals surface area contributed by atoms with Crippen molar-refractivity contribution in [2.24, 2.45) is 4.99 Å². The van der Waals surface area contributed by atoms with Crippen LogP contribution < -0.4 is 15.5 Å². The number of likely N-dealkylation sites (N-methyl/N-ethyl adjacent to an activating group) is 1. The van der Waals surface area contributed by atoms with Gasteiger partial charge in [-0.15, -0.1) is 0 Å². The van der Waals surface area contributed by atoms with E-state index < -0.39 is 0 Å². The molecule has 0 fully saturated rings. The maximum Gasteiger partial charge on any atom is 0.191 e. The number of aliphatic imine (C=N–C) groups is 1. The zero-order valence-corrected chi connectivity index (χ0v) is 14.1. The average molecular weight is 313 g/mol. The van der Waals surface area contributed by atoms with Gasteiger partial charge < -0.3 is 20.1 Å². The number of anilines is 1. The van der Waals surface area contributed by atoms with Crippen molar-refractivity contribution < 1.29 is 0 Å². The van der Waals surface area contributed by atoms with Crippen LogP contribution in [0, 0.1) is 0 Å². The zero-order valence-electron chi connectivity index (χ0n) is 14.1. The third-order valence-corrected chi connectivity index (χ3v) is 3.58. The molecule has 0 unspecified atom stereocenters. The molecule has 0 aliphatic rings. The van der Waals surface area contributed by atoms with Gasteiger partial charge in [0.15, 0.2) is 5.96 Å². The number of nitrogens with one attached hydrogen (secondary N) is 2. The summed E-state index contributed by atoms with van der Waals surface area (Å²) in [6, 6.07) is 14.5. The van der Waals surface area contributed by atoms with E-state index in [-0.39, 0.29) is 0 Å². The quantitative estimate of drug-likeness (QED) is 0.580. The Balaban J connectivity index is 1.76. The number of para-hydroxylation sites is 1. The molecular weight excluding hydrogens is 286 g/mol. The highest BCUT2D eigenvalue weighted by atomic mass is 15.2. The van der Waals surface area contributed by atoms with Gasteiger partial charge in [-0.2, -0.15) is 0 Å². The maximum atomic E-state index is 4.64. The SMILES string of the molecule is CCNC(=NCCN(C)c1ccccc1)NCCn1cccc1. The van der Waals surface area contributed by atoms with E-state index >= 15 is 0 Å². The normalized spacial score (nSPS) is 11.3. The zero-order chi connectivity index (χ0) is 16.3. The molecule has 2 N–H and O–H groups in total. The Kier molecular flexibility index (Phi) is 7.04. The highest BCUT2D eigenvalue weighted by Crippen LogP contribution is 2.09. The van der Waals surface area contributed by atoms with Crippen molar-refractivity contribution in [1.82, 2.24) is 15.2 Å². The molecule has 0 aliphatic carbocycles. The lowest BCUT2D eigenvalue weighted by molar-refractivity contribution is 0.665. The predicted octanol–water partition coefficient (Wildman–Crippen LogP) is 2.18. The van der Waals surface area contributed by atoms with Crippen LogP contribution in [0.25, 0.3) is 0 Å². The van der Waals surface area contributed by atoms with Gasteiger partial charge >= 0.3 is 0 Å². The summed E-state index contributed by atoms with van der Waals surface area (Å²) in [6.45, 7) is 6.38. The fourth-order valence-corrected chi connectivity index (χ4v) is 2.29. The number of hydrogen-bond donors (Lipinski definition) is 2. The van der Waals surface area contributed by atoms with Gasteiger partial charge in [0, 0.05) is 51.3 Å². The summed E-state index contributed by atoms with van der Waals surface area (Å²) in [5.74, 6) is 0.876. The molecule has 1 aromatic carbocycles. The van der Waals surface area contributed by atoms with Crippen molar-refractivity contribution in [2.45, 2.75) is 13.5 Å². The molecule has 0 amide bonds. The van der Waals surface area contributed by atoms with Gasteiger partial charge in [-0.25, -0.2) is 0 Å². The molecule has 5 heteroatoms. The molecule has 0 saturated heterocycles. The highest BCUT2D eigenvalue weighted by Gasteiger charge is 2.00. The molecule has 0 spiro atoms. The lowest BCUT2D eigenvalue weighted by Crippen LogP contribution is -2.39. The van der Waals surface area contributed by atoms with Crippen molar-refractivity contribution in [3.63, 3.8) is 0 Å². The first-order chi connectivity index (χ1) is 11.3. The fourth-order valence-electron chi connectivity index (χ4n) is 2.29. The number of guanidine groups is 1. The third kappa shape index (κ3) is 6.06. The fraction of sp³-hybridized carbons (Fsp3) is 0.389. The first-order valence-corrected chi connectivity index (χ1v) is 8.18. The van der Waals surface area contributed by atoms with E-state index in [1.807, 2.05) is 18.2 Å². The smallest absolute Gasteiger partial charge is 0.191 e. The topological polar surface area (TPSA) is 44.6 Å². The van der Waals surface area contributed by atoms with E-state index in [2.05, 4.69) is 75.7 Å². The van der Waals surface area contributed by atoms with Gasteiger partial charge in [-0.05, 0) is 31.2 Å². The van der Waals surface area contributed by atoms with E-state index in [9.17, 15) is 0 Å². The highest BCUT2D eigenvalue weighted by molar-refractivity contribution is 5.79. The minimum Gasteiger partial charge on any atom is -0.373 e. The molecule has 23 heavy (non-hydrogen) atoms. The second-order valence-electron chi connectivity index (χ2n) is 5.37. The van der Waals surface area contributed by atoms with Crippen molar-refractivity contribution >= 4 is 11.6 Å². The lowest BCUT2D eigenvalue weighted by Gasteiger charge is -2.18. The Hall–Kier alpha value is -2.43. The molecule has 0 saturated carbocycles. The third-order valence-electron chi connectivity index (χ3n) is 3.58. The van der Waals surface area contributed by atoms with Crippen LogP contribution in [0.2, 0.25) is 0 Å². The van der Waals surface area contributed by atoms with Gasteiger partial charge in [0.1, 0.15) is 0 Å². The predicted molar refractivity (Wildman–Crippen MR) is 98.1 cm³/mol. The first kappa shape index (κ1) is 16.9. The molecule has 2 aromatic rings. The van der Waals surface area contributed by atoms with E-state index in [1.54, 1.807) is 0 Å². The molecule has 124 valence electrons. The molecule has 5 nitrogen and oxygen atoms in total. The van der Waals surface area contributed by atoms with Crippen molar-refractivity contribution in [2.75, 3.05) is 38.1 Å². The second kappa shape index (κ2) is 9.56. The Morgan fingerprint density at radius 2 is 1.83 bits per heavy atom. The Morgan fingerprint density at radius 3 is 2.52 bits per heavy atom. The first-order valence-electron chi connectivity index (χ1n) is 8.18. The van der Waals surface area contributed by atoms with Crippen LogP contribution in [-0.4, -0.2) is 43.8 Å².